The topological polar surface area (TPSA) is 97.4 Å². The lowest BCUT2D eigenvalue weighted by Gasteiger charge is -2.12. The first-order valence-corrected chi connectivity index (χ1v) is 9.95. The highest BCUT2D eigenvalue weighted by molar-refractivity contribution is 7.17. The summed E-state index contributed by atoms with van der Waals surface area (Å²) in [6.07, 6.45) is 3.73. The van der Waals surface area contributed by atoms with Crippen molar-refractivity contribution >= 4 is 50.6 Å². The number of anilines is 2. The number of aryl methyl sites for hydroxylation is 2. The van der Waals surface area contributed by atoms with Gasteiger partial charge in [0.2, 0.25) is 5.91 Å². The Labute approximate surface area is 158 Å². The van der Waals surface area contributed by atoms with Crippen molar-refractivity contribution in [1.82, 2.24) is 4.98 Å². The van der Waals surface area contributed by atoms with Crippen LogP contribution < -0.4 is 10.6 Å². The molecule has 2 aromatic rings. The first kappa shape index (κ1) is 18.5. The quantitative estimate of drug-likeness (QED) is 0.761. The zero-order chi connectivity index (χ0) is 18.7. The Bertz CT molecular complexity index is 856. The standard InChI is InChI=1S/C17H19N3O4S2/c1-9-8-25-17(18-9)20-13(22)7-24-16(23)14-11-5-3-4-6-12(11)26-15(14)19-10(2)21/h8H,3-7H2,1-2H3,(H,19,21)(H,18,20,22). The molecule has 7 nitrogen and oxygen atoms in total. The molecular formula is C17H19N3O4S2. The lowest BCUT2D eigenvalue weighted by Crippen LogP contribution is -2.22. The minimum Gasteiger partial charge on any atom is -0.452 e. The van der Waals surface area contributed by atoms with E-state index < -0.39 is 18.5 Å². The van der Waals surface area contributed by atoms with E-state index in [0.717, 1.165) is 41.8 Å². The maximum atomic E-state index is 12.6. The number of thiazole rings is 1. The highest BCUT2D eigenvalue weighted by Gasteiger charge is 2.27. The highest BCUT2D eigenvalue weighted by Crippen LogP contribution is 2.38. The summed E-state index contributed by atoms with van der Waals surface area (Å²) in [4.78, 5) is 41.2. The van der Waals surface area contributed by atoms with Crippen LogP contribution in [0.25, 0.3) is 0 Å². The first-order chi connectivity index (χ1) is 12.4. The van der Waals surface area contributed by atoms with E-state index in [9.17, 15) is 14.4 Å². The van der Waals surface area contributed by atoms with Crippen LogP contribution in [0.4, 0.5) is 10.1 Å². The van der Waals surface area contributed by atoms with Crippen molar-refractivity contribution < 1.29 is 19.1 Å². The SMILES string of the molecule is CC(=O)Nc1sc2c(c1C(=O)OCC(=O)Nc1nc(C)cs1)CCCC2. The fourth-order valence-corrected chi connectivity index (χ4v) is 4.83. The minimum absolute atomic E-state index is 0.241. The number of carbonyl (C=O) groups excluding carboxylic acids is 3. The summed E-state index contributed by atoms with van der Waals surface area (Å²) in [6, 6.07) is 0. The Balaban J connectivity index is 1.69. The number of aromatic nitrogens is 1. The second-order valence-electron chi connectivity index (χ2n) is 6.01. The van der Waals surface area contributed by atoms with Crippen LogP contribution in [0.5, 0.6) is 0 Å². The molecule has 138 valence electrons. The highest BCUT2D eigenvalue weighted by atomic mass is 32.1. The second kappa shape index (κ2) is 7.96. The van der Waals surface area contributed by atoms with E-state index >= 15 is 0 Å². The number of rotatable bonds is 5. The van der Waals surface area contributed by atoms with Gasteiger partial charge in [-0.05, 0) is 38.2 Å². The summed E-state index contributed by atoms with van der Waals surface area (Å²) < 4.78 is 5.20. The van der Waals surface area contributed by atoms with Gasteiger partial charge >= 0.3 is 5.97 Å². The summed E-state index contributed by atoms with van der Waals surface area (Å²) in [5, 5.41) is 8.10. The molecule has 3 rings (SSSR count). The van der Waals surface area contributed by atoms with Crippen molar-refractivity contribution in [2.45, 2.75) is 39.5 Å². The third-order valence-corrected chi connectivity index (χ3v) is 5.95. The van der Waals surface area contributed by atoms with Crippen molar-refractivity contribution in [3.63, 3.8) is 0 Å². The predicted molar refractivity (Wildman–Crippen MR) is 101 cm³/mol. The monoisotopic (exact) mass is 393 g/mol. The Morgan fingerprint density at radius 3 is 2.69 bits per heavy atom. The normalized spacial score (nSPS) is 13.0. The van der Waals surface area contributed by atoms with Gasteiger partial charge in [0.1, 0.15) is 5.00 Å². The zero-order valence-corrected chi connectivity index (χ0v) is 16.1. The average molecular weight is 393 g/mol. The van der Waals surface area contributed by atoms with Crippen LogP contribution >= 0.6 is 22.7 Å². The van der Waals surface area contributed by atoms with Crippen LogP contribution in [-0.2, 0) is 27.2 Å². The molecule has 0 atom stereocenters. The Morgan fingerprint density at radius 2 is 2.00 bits per heavy atom. The molecule has 0 unspecified atom stereocenters. The van der Waals surface area contributed by atoms with E-state index in [1.807, 2.05) is 12.3 Å². The largest absolute Gasteiger partial charge is 0.452 e. The number of carbonyl (C=O) groups is 3. The molecule has 0 aromatic carbocycles. The van der Waals surface area contributed by atoms with Gasteiger partial charge in [0.25, 0.3) is 5.91 Å². The number of nitrogens with one attached hydrogen (secondary N) is 2. The van der Waals surface area contributed by atoms with Crippen LogP contribution in [0.1, 0.15) is 46.3 Å². The number of esters is 1. The van der Waals surface area contributed by atoms with Gasteiger partial charge in [-0.15, -0.1) is 22.7 Å². The molecule has 1 aliphatic rings. The molecule has 2 amide bonds. The summed E-state index contributed by atoms with van der Waals surface area (Å²) >= 11 is 2.72. The van der Waals surface area contributed by atoms with Gasteiger partial charge in [-0.2, -0.15) is 0 Å². The third kappa shape index (κ3) is 4.28. The summed E-state index contributed by atoms with van der Waals surface area (Å²) in [7, 11) is 0. The molecular weight excluding hydrogens is 374 g/mol. The summed E-state index contributed by atoms with van der Waals surface area (Å²) in [5.41, 5.74) is 2.14. The molecule has 2 aromatic heterocycles. The molecule has 0 spiro atoms. The van der Waals surface area contributed by atoms with Gasteiger partial charge in [-0.3, -0.25) is 14.9 Å². The van der Waals surface area contributed by atoms with Gasteiger partial charge in [0.05, 0.1) is 11.3 Å². The Kier molecular flexibility index (Phi) is 5.67. The summed E-state index contributed by atoms with van der Waals surface area (Å²) in [6.45, 7) is 2.83. The van der Waals surface area contributed by atoms with Crippen molar-refractivity contribution in [3.8, 4) is 0 Å². The zero-order valence-electron chi connectivity index (χ0n) is 14.5. The molecule has 2 heterocycles. The van der Waals surface area contributed by atoms with Crippen molar-refractivity contribution in [2.75, 3.05) is 17.2 Å². The van der Waals surface area contributed by atoms with Crippen LogP contribution in [0.2, 0.25) is 0 Å². The van der Waals surface area contributed by atoms with Crippen molar-refractivity contribution in [3.05, 3.63) is 27.1 Å². The average Bonchev–Trinajstić information content (AvgIpc) is 3.15. The lowest BCUT2D eigenvalue weighted by atomic mass is 9.95. The number of thiophene rings is 1. The van der Waals surface area contributed by atoms with Gasteiger partial charge in [0, 0.05) is 17.2 Å². The molecule has 0 aliphatic heterocycles. The maximum Gasteiger partial charge on any atom is 0.341 e. The fraction of sp³-hybridized carbons (Fsp3) is 0.412. The fourth-order valence-electron chi connectivity index (χ4n) is 2.80. The van der Waals surface area contributed by atoms with E-state index in [2.05, 4.69) is 15.6 Å². The van der Waals surface area contributed by atoms with Gasteiger partial charge in [-0.25, -0.2) is 9.78 Å². The number of hydrogen-bond acceptors (Lipinski definition) is 7. The second-order valence-corrected chi connectivity index (χ2v) is 7.98. The van der Waals surface area contributed by atoms with Gasteiger partial charge in [0.15, 0.2) is 11.7 Å². The Hall–Kier alpha value is -2.26. The molecule has 0 radical (unpaired) electrons. The lowest BCUT2D eigenvalue weighted by molar-refractivity contribution is -0.119. The van der Waals surface area contributed by atoms with Crippen molar-refractivity contribution in [2.24, 2.45) is 0 Å². The van der Waals surface area contributed by atoms with Crippen LogP contribution in [-0.4, -0.2) is 29.4 Å². The molecule has 0 fully saturated rings. The van der Waals surface area contributed by atoms with E-state index in [0.29, 0.717) is 15.7 Å². The molecule has 1 aliphatic carbocycles. The van der Waals surface area contributed by atoms with E-state index in [4.69, 9.17) is 4.74 Å². The molecule has 0 bridgehead atoms. The number of ether oxygens (including phenoxy) is 1. The molecule has 26 heavy (non-hydrogen) atoms. The summed E-state index contributed by atoms with van der Waals surface area (Å²) in [5.74, 6) is -1.27. The molecule has 2 N–H and O–H groups in total. The van der Waals surface area contributed by atoms with E-state index in [-0.39, 0.29) is 5.91 Å². The predicted octanol–water partition coefficient (Wildman–Crippen LogP) is 3.15. The minimum atomic E-state index is -0.585. The number of nitrogens with zero attached hydrogens (tertiary/aromatic N) is 1. The van der Waals surface area contributed by atoms with Crippen molar-refractivity contribution in [1.29, 1.82) is 0 Å². The molecule has 9 heteroatoms. The van der Waals surface area contributed by atoms with E-state index in [1.165, 1.54) is 29.6 Å². The maximum absolute atomic E-state index is 12.6. The molecule has 0 saturated heterocycles. The number of fused-ring (bicyclic) bond motifs is 1. The first-order valence-electron chi connectivity index (χ1n) is 8.25. The van der Waals surface area contributed by atoms with Gasteiger partial charge < -0.3 is 10.1 Å². The van der Waals surface area contributed by atoms with Crippen LogP contribution in [0.15, 0.2) is 5.38 Å². The molecule has 0 saturated carbocycles. The smallest absolute Gasteiger partial charge is 0.341 e. The van der Waals surface area contributed by atoms with Crippen LogP contribution in [0.3, 0.4) is 0 Å². The Morgan fingerprint density at radius 1 is 1.23 bits per heavy atom. The number of amides is 2. The van der Waals surface area contributed by atoms with E-state index in [1.54, 1.807) is 0 Å². The van der Waals surface area contributed by atoms with Gasteiger partial charge in [-0.1, -0.05) is 0 Å². The third-order valence-electron chi connectivity index (χ3n) is 3.86. The number of hydrogen-bond donors (Lipinski definition) is 2. The van der Waals surface area contributed by atoms with Crippen LogP contribution in [0, 0.1) is 6.92 Å².